The van der Waals surface area contributed by atoms with Gasteiger partial charge in [-0.05, 0) is 30.0 Å². The average Bonchev–Trinajstić information content (AvgIpc) is 3.11. The number of aromatic amines is 1. The van der Waals surface area contributed by atoms with Crippen LogP contribution in [0.15, 0.2) is 18.2 Å². The quantitative estimate of drug-likeness (QED) is 0.768. The summed E-state index contributed by atoms with van der Waals surface area (Å²) in [5, 5.41) is 14.0. The second-order valence-electron chi connectivity index (χ2n) is 5.42. The second-order valence-corrected chi connectivity index (χ2v) is 5.42. The number of carbonyl (C=O) groups excluding carboxylic acids is 1. The summed E-state index contributed by atoms with van der Waals surface area (Å²) in [6, 6.07) is 5.48. The molecule has 2 atom stereocenters. The first-order chi connectivity index (χ1) is 9.31. The van der Waals surface area contributed by atoms with Gasteiger partial charge in [-0.25, -0.2) is 0 Å². The minimum atomic E-state index is 0.110. The summed E-state index contributed by atoms with van der Waals surface area (Å²) in [4.78, 5) is 14.5. The lowest BCUT2D eigenvalue weighted by atomic mass is 10.0. The van der Waals surface area contributed by atoms with Gasteiger partial charge in [-0.3, -0.25) is 4.79 Å². The molecule has 1 aromatic heterocycles. The number of nitrogens with zero attached hydrogens (tertiary/aromatic N) is 3. The van der Waals surface area contributed by atoms with Crippen LogP contribution in [0.4, 0.5) is 0 Å². The van der Waals surface area contributed by atoms with Crippen molar-refractivity contribution in [2.24, 2.45) is 11.8 Å². The van der Waals surface area contributed by atoms with Crippen LogP contribution < -0.4 is 5.32 Å². The molecule has 1 amide bonds. The van der Waals surface area contributed by atoms with E-state index in [-0.39, 0.29) is 5.91 Å². The van der Waals surface area contributed by atoms with Crippen LogP contribution in [0.1, 0.15) is 10.4 Å². The number of carbonyl (C=O) groups is 1. The zero-order valence-corrected chi connectivity index (χ0v) is 10.5. The van der Waals surface area contributed by atoms with E-state index in [1.165, 1.54) is 0 Å². The zero-order chi connectivity index (χ0) is 12.8. The van der Waals surface area contributed by atoms with Crippen molar-refractivity contribution in [2.75, 3.05) is 26.2 Å². The van der Waals surface area contributed by atoms with Crippen LogP contribution in [0, 0.1) is 11.8 Å². The van der Waals surface area contributed by atoms with E-state index in [9.17, 15) is 4.79 Å². The maximum atomic E-state index is 12.5. The number of amides is 1. The summed E-state index contributed by atoms with van der Waals surface area (Å²) < 4.78 is 0. The van der Waals surface area contributed by atoms with Crippen molar-refractivity contribution < 1.29 is 4.79 Å². The molecule has 2 N–H and O–H groups in total. The van der Waals surface area contributed by atoms with E-state index < -0.39 is 0 Å². The third-order valence-electron chi connectivity index (χ3n) is 4.24. The number of H-pyrrole nitrogens is 1. The average molecular weight is 257 g/mol. The summed E-state index contributed by atoms with van der Waals surface area (Å²) in [6.45, 7) is 3.81. The number of likely N-dealkylation sites (tertiary alicyclic amines) is 1. The predicted molar refractivity (Wildman–Crippen MR) is 69.6 cm³/mol. The number of fused-ring (bicyclic) bond motifs is 2. The topological polar surface area (TPSA) is 73.9 Å². The fourth-order valence-corrected chi connectivity index (χ4v) is 3.18. The summed E-state index contributed by atoms with van der Waals surface area (Å²) in [5.74, 6) is 1.36. The fraction of sp³-hybridized carbons (Fsp3) is 0.462. The van der Waals surface area contributed by atoms with E-state index in [1.54, 1.807) is 0 Å². The molecule has 0 aliphatic carbocycles. The highest BCUT2D eigenvalue weighted by atomic mass is 16.2. The van der Waals surface area contributed by atoms with Crippen molar-refractivity contribution in [3.05, 3.63) is 23.8 Å². The zero-order valence-electron chi connectivity index (χ0n) is 10.5. The van der Waals surface area contributed by atoms with E-state index in [1.807, 2.05) is 23.1 Å². The van der Waals surface area contributed by atoms with Crippen molar-refractivity contribution >= 4 is 16.9 Å². The van der Waals surface area contributed by atoms with Gasteiger partial charge in [-0.2, -0.15) is 15.4 Å². The number of hydrogen-bond acceptors (Lipinski definition) is 4. The molecule has 2 aromatic rings. The Bertz CT molecular complexity index is 625. The molecule has 0 spiro atoms. The molecule has 2 unspecified atom stereocenters. The van der Waals surface area contributed by atoms with Gasteiger partial charge in [0, 0.05) is 31.7 Å². The summed E-state index contributed by atoms with van der Waals surface area (Å²) in [5.41, 5.74) is 2.24. The van der Waals surface area contributed by atoms with Gasteiger partial charge < -0.3 is 10.2 Å². The standard InChI is InChI=1S/C13H15N5O/c19-13(18-6-9-4-14-5-10(9)7-18)8-1-2-11-12(3-8)16-17-15-11/h1-3,9-10,14H,4-7H2,(H,15,16,17). The first-order valence-electron chi connectivity index (χ1n) is 6.62. The minimum absolute atomic E-state index is 0.110. The van der Waals surface area contributed by atoms with Crippen LogP contribution in [0.5, 0.6) is 0 Å². The molecule has 19 heavy (non-hydrogen) atoms. The highest BCUT2D eigenvalue weighted by Crippen LogP contribution is 2.27. The molecule has 4 rings (SSSR count). The first-order valence-corrected chi connectivity index (χ1v) is 6.62. The van der Waals surface area contributed by atoms with E-state index in [0.29, 0.717) is 17.4 Å². The van der Waals surface area contributed by atoms with Gasteiger partial charge in [-0.15, -0.1) is 0 Å². The molecule has 2 aliphatic heterocycles. The Morgan fingerprint density at radius 2 is 1.89 bits per heavy atom. The van der Waals surface area contributed by atoms with Crippen LogP contribution in [-0.2, 0) is 0 Å². The summed E-state index contributed by atoms with van der Waals surface area (Å²) >= 11 is 0. The maximum absolute atomic E-state index is 12.5. The predicted octanol–water partition coefficient (Wildman–Crippen LogP) is 0.249. The van der Waals surface area contributed by atoms with E-state index in [0.717, 1.165) is 37.2 Å². The lowest BCUT2D eigenvalue weighted by molar-refractivity contribution is 0.0782. The molecule has 0 radical (unpaired) electrons. The Hall–Kier alpha value is -1.95. The highest BCUT2D eigenvalue weighted by Gasteiger charge is 2.38. The van der Waals surface area contributed by atoms with Crippen molar-refractivity contribution in [3.8, 4) is 0 Å². The Morgan fingerprint density at radius 1 is 1.16 bits per heavy atom. The molecule has 3 heterocycles. The van der Waals surface area contributed by atoms with Crippen LogP contribution in [0.3, 0.4) is 0 Å². The Labute approximate surface area is 110 Å². The molecule has 0 saturated carbocycles. The Morgan fingerprint density at radius 3 is 2.68 bits per heavy atom. The van der Waals surface area contributed by atoms with Crippen molar-refractivity contribution in [2.45, 2.75) is 0 Å². The van der Waals surface area contributed by atoms with Gasteiger partial charge in [0.15, 0.2) is 0 Å². The Balaban J connectivity index is 1.59. The largest absolute Gasteiger partial charge is 0.338 e. The SMILES string of the molecule is O=C(c1ccc2n[nH]nc2c1)N1CC2CNCC2C1. The number of rotatable bonds is 1. The second kappa shape index (κ2) is 4.03. The number of nitrogens with one attached hydrogen (secondary N) is 2. The van der Waals surface area contributed by atoms with E-state index >= 15 is 0 Å². The molecule has 2 aliphatic rings. The van der Waals surface area contributed by atoms with Crippen molar-refractivity contribution in [3.63, 3.8) is 0 Å². The van der Waals surface area contributed by atoms with Gasteiger partial charge in [0.2, 0.25) is 0 Å². The molecular weight excluding hydrogens is 242 g/mol. The normalized spacial score (nSPS) is 26.0. The molecule has 6 nitrogen and oxygen atoms in total. The van der Waals surface area contributed by atoms with E-state index in [4.69, 9.17) is 0 Å². The molecule has 98 valence electrons. The van der Waals surface area contributed by atoms with Crippen LogP contribution in [0.2, 0.25) is 0 Å². The summed E-state index contributed by atoms with van der Waals surface area (Å²) in [7, 11) is 0. The third kappa shape index (κ3) is 1.71. The monoisotopic (exact) mass is 257 g/mol. The van der Waals surface area contributed by atoms with Gasteiger partial charge in [0.25, 0.3) is 5.91 Å². The molecule has 6 heteroatoms. The molecule has 2 saturated heterocycles. The maximum Gasteiger partial charge on any atom is 0.253 e. The van der Waals surface area contributed by atoms with Crippen molar-refractivity contribution in [1.29, 1.82) is 0 Å². The molecule has 1 aromatic carbocycles. The number of hydrogen-bond donors (Lipinski definition) is 2. The Kier molecular flexibility index (Phi) is 2.32. The highest BCUT2D eigenvalue weighted by molar-refractivity contribution is 5.97. The lowest BCUT2D eigenvalue weighted by Gasteiger charge is -2.17. The number of benzene rings is 1. The molecular formula is C13H15N5O. The van der Waals surface area contributed by atoms with Crippen LogP contribution >= 0.6 is 0 Å². The summed E-state index contributed by atoms with van der Waals surface area (Å²) in [6.07, 6.45) is 0. The molecule has 0 bridgehead atoms. The third-order valence-corrected chi connectivity index (χ3v) is 4.24. The van der Waals surface area contributed by atoms with Gasteiger partial charge in [0.1, 0.15) is 11.0 Å². The smallest absolute Gasteiger partial charge is 0.253 e. The molecule has 2 fully saturated rings. The van der Waals surface area contributed by atoms with E-state index in [2.05, 4.69) is 20.7 Å². The van der Waals surface area contributed by atoms with Crippen LogP contribution in [-0.4, -0.2) is 52.4 Å². The minimum Gasteiger partial charge on any atom is -0.338 e. The lowest BCUT2D eigenvalue weighted by Crippen LogP contribution is -2.31. The fourth-order valence-electron chi connectivity index (χ4n) is 3.18. The van der Waals surface area contributed by atoms with Gasteiger partial charge >= 0.3 is 0 Å². The first kappa shape index (κ1) is 10.9. The van der Waals surface area contributed by atoms with Gasteiger partial charge in [0.05, 0.1) is 0 Å². The van der Waals surface area contributed by atoms with Gasteiger partial charge in [-0.1, -0.05) is 0 Å². The number of aromatic nitrogens is 3. The van der Waals surface area contributed by atoms with Crippen LogP contribution in [0.25, 0.3) is 11.0 Å². The van der Waals surface area contributed by atoms with Crippen molar-refractivity contribution in [1.82, 2.24) is 25.6 Å².